The summed E-state index contributed by atoms with van der Waals surface area (Å²) in [4.78, 5) is 24.7. The average Bonchev–Trinajstić information content (AvgIpc) is 2.78. The van der Waals surface area contributed by atoms with Crippen molar-refractivity contribution in [3.05, 3.63) is 41.5 Å². The molecule has 1 amide bonds. The van der Waals surface area contributed by atoms with Crippen LogP contribution in [0, 0.1) is 13.8 Å². The number of amides is 1. The van der Waals surface area contributed by atoms with Crippen LogP contribution in [0.2, 0.25) is 0 Å². The maximum atomic E-state index is 12.2. The lowest BCUT2D eigenvalue weighted by Crippen LogP contribution is -2.41. The molecule has 6 nitrogen and oxygen atoms in total. The monoisotopic (exact) mass is 271 g/mol. The zero-order chi connectivity index (χ0) is 14.1. The van der Waals surface area contributed by atoms with Gasteiger partial charge in [0.25, 0.3) is 5.91 Å². The van der Waals surface area contributed by atoms with E-state index in [1.54, 1.807) is 6.20 Å². The Labute approximate surface area is 117 Å². The predicted octanol–water partition coefficient (Wildman–Crippen LogP) is 1.03. The van der Waals surface area contributed by atoms with Crippen LogP contribution in [-0.2, 0) is 13.0 Å². The Morgan fingerprint density at radius 2 is 2.30 bits per heavy atom. The average molecular weight is 271 g/mol. The number of nitrogens with zero attached hydrogens (tertiary/aromatic N) is 4. The third-order valence-electron chi connectivity index (χ3n) is 3.60. The zero-order valence-corrected chi connectivity index (χ0v) is 11.6. The van der Waals surface area contributed by atoms with Crippen molar-refractivity contribution in [2.24, 2.45) is 0 Å². The van der Waals surface area contributed by atoms with Crippen molar-refractivity contribution in [2.45, 2.75) is 39.3 Å². The van der Waals surface area contributed by atoms with E-state index < -0.39 is 0 Å². The molecule has 0 bridgehead atoms. The number of carbonyl (C=O) groups excluding carboxylic acids is 1. The topological polar surface area (TPSA) is 72.7 Å². The van der Waals surface area contributed by atoms with Gasteiger partial charge in [-0.2, -0.15) is 0 Å². The second-order valence-electron chi connectivity index (χ2n) is 5.18. The van der Waals surface area contributed by atoms with Crippen molar-refractivity contribution < 1.29 is 4.79 Å². The molecule has 0 fully saturated rings. The third-order valence-corrected chi connectivity index (χ3v) is 3.60. The number of aryl methyl sites for hydroxylation is 3. The fourth-order valence-electron chi connectivity index (χ4n) is 2.58. The first kappa shape index (κ1) is 12.8. The summed E-state index contributed by atoms with van der Waals surface area (Å²) in [6, 6.07) is 0.128. The largest absolute Gasteiger partial charge is 0.347 e. The van der Waals surface area contributed by atoms with Crippen molar-refractivity contribution in [3.8, 4) is 0 Å². The van der Waals surface area contributed by atoms with E-state index in [2.05, 4.69) is 24.8 Å². The highest BCUT2D eigenvalue weighted by molar-refractivity contribution is 5.95. The molecule has 1 N–H and O–H groups in total. The number of aromatic nitrogens is 4. The molecular formula is C14H17N5O. The van der Waals surface area contributed by atoms with Crippen LogP contribution < -0.4 is 5.32 Å². The number of carbonyl (C=O) groups is 1. The third kappa shape index (κ3) is 2.41. The molecule has 6 heteroatoms. The van der Waals surface area contributed by atoms with E-state index in [4.69, 9.17) is 0 Å². The fourth-order valence-corrected chi connectivity index (χ4v) is 2.58. The predicted molar refractivity (Wildman–Crippen MR) is 73.3 cm³/mol. The summed E-state index contributed by atoms with van der Waals surface area (Å²) >= 11 is 0. The van der Waals surface area contributed by atoms with E-state index >= 15 is 0 Å². The van der Waals surface area contributed by atoms with E-state index in [9.17, 15) is 4.79 Å². The number of rotatable bonds is 2. The molecule has 0 spiro atoms. The number of hydrogen-bond donors (Lipinski definition) is 1. The van der Waals surface area contributed by atoms with Crippen LogP contribution in [0.5, 0.6) is 0 Å². The molecule has 0 saturated heterocycles. The van der Waals surface area contributed by atoms with E-state index in [1.165, 1.54) is 6.33 Å². The summed E-state index contributed by atoms with van der Waals surface area (Å²) in [5.41, 5.74) is 2.27. The van der Waals surface area contributed by atoms with Crippen molar-refractivity contribution in [1.29, 1.82) is 0 Å². The van der Waals surface area contributed by atoms with Gasteiger partial charge in [0.1, 0.15) is 12.2 Å². The quantitative estimate of drug-likeness (QED) is 0.885. The molecule has 0 aliphatic carbocycles. The van der Waals surface area contributed by atoms with Crippen LogP contribution in [-0.4, -0.2) is 31.5 Å². The molecule has 2 aromatic heterocycles. The molecular weight excluding hydrogens is 254 g/mol. The highest BCUT2D eigenvalue weighted by Crippen LogP contribution is 2.15. The maximum Gasteiger partial charge on any atom is 0.254 e. The van der Waals surface area contributed by atoms with Crippen LogP contribution in [0.3, 0.4) is 0 Å². The van der Waals surface area contributed by atoms with Gasteiger partial charge in [-0.25, -0.2) is 15.0 Å². The Balaban J connectivity index is 1.71. The molecule has 1 atom stereocenters. The van der Waals surface area contributed by atoms with Crippen molar-refractivity contribution >= 4 is 5.91 Å². The summed E-state index contributed by atoms with van der Waals surface area (Å²) < 4.78 is 2.12. The number of nitrogens with one attached hydrogen (secondary N) is 1. The molecule has 0 radical (unpaired) electrons. The van der Waals surface area contributed by atoms with E-state index in [0.717, 1.165) is 30.9 Å². The van der Waals surface area contributed by atoms with Gasteiger partial charge in [0, 0.05) is 31.4 Å². The number of hydrogen-bond acceptors (Lipinski definition) is 4. The molecule has 0 unspecified atom stereocenters. The summed E-state index contributed by atoms with van der Waals surface area (Å²) in [6.45, 7) is 4.58. The van der Waals surface area contributed by atoms with Crippen molar-refractivity contribution in [3.63, 3.8) is 0 Å². The molecule has 104 valence electrons. The van der Waals surface area contributed by atoms with Gasteiger partial charge in [-0.15, -0.1) is 0 Å². The second kappa shape index (κ2) is 5.03. The maximum absolute atomic E-state index is 12.2. The van der Waals surface area contributed by atoms with Crippen molar-refractivity contribution in [1.82, 2.24) is 24.8 Å². The first-order valence-corrected chi connectivity index (χ1v) is 6.73. The first-order valence-electron chi connectivity index (χ1n) is 6.73. The van der Waals surface area contributed by atoms with Gasteiger partial charge in [0.05, 0.1) is 17.0 Å². The number of imidazole rings is 1. The van der Waals surface area contributed by atoms with Gasteiger partial charge >= 0.3 is 0 Å². The molecule has 0 saturated carbocycles. The lowest BCUT2D eigenvalue weighted by atomic mass is 10.1. The lowest BCUT2D eigenvalue weighted by Gasteiger charge is -2.24. The molecule has 3 rings (SSSR count). The van der Waals surface area contributed by atoms with Crippen LogP contribution in [0.1, 0.15) is 34.0 Å². The van der Waals surface area contributed by atoms with Gasteiger partial charge in [0.2, 0.25) is 0 Å². The molecule has 20 heavy (non-hydrogen) atoms. The summed E-state index contributed by atoms with van der Waals surface area (Å²) in [5.74, 6) is 1.00. The van der Waals surface area contributed by atoms with Gasteiger partial charge in [-0.1, -0.05) is 0 Å². The standard InChI is InChI=1S/C14H17N5O/c1-9-6-19-7-11(3-4-13(19)17-9)18-14(20)12-5-15-8-16-10(12)2/h5-6,8,11H,3-4,7H2,1-2H3,(H,18,20)/t11-/m1/s1. The zero-order valence-electron chi connectivity index (χ0n) is 11.6. The summed E-state index contributed by atoms with van der Waals surface area (Å²) in [6.07, 6.45) is 6.85. The van der Waals surface area contributed by atoms with Crippen LogP contribution in [0.15, 0.2) is 18.7 Å². The fraction of sp³-hybridized carbons (Fsp3) is 0.429. The van der Waals surface area contributed by atoms with Crippen molar-refractivity contribution in [2.75, 3.05) is 0 Å². The Kier molecular flexibility index (Phi) is 3.22. The summed E-state index contributed by atoms with van der Waals surface area (Å²) in [5, 5.41) is 3.06. The minimum atomic E-state index is -0.103. The molecule has 3 heterocycles. The Morgan fingerprint density at radius 3 is 3.10 bits per heavy atom. The Hall–Kier alpha value is -2.24. The van der Waals surface area contributed by atoms with Gasteiger partial charge in [0.15, 0.2) is 0 Å². The highest BCUT2D eigenvalue weighted by atomic mass is 16.1. The first-order chi connectivity index (χ1) is 9.63. The lowest BCUT2D eigenvalue weighted by molar-refractivity contribution is 0.0926. The smallest absolute Gasteiger partial charge is 0.254 e. The normalized spacial score (nSPS) is 17.6. The van der Waals surface area contributed by atoms with Crippen LogP contribution >= 0.6 is 0 Å². The SMILES string of the molecule is Cc1cn2c(n1)CC[C@@H](NC(=O)c1cncnc1C)C2. The van der Waals surface area contributed by atoms with E-state index in [-0.39, 0.29) is 11.9 Å². The molecule has 0 aromatic carbocycles. The van der Waals surface area contributed by atoms with Crippen LogP contribution in [0.25, 0.3) is 0 Å². The molecule has 1 aliphatic rings. The van der Waals surface area contributed by atoms with Gasteiger partial charge < -0.3 is 9.88 Å². The Morgan fingerprint density at radius 1 is 1.45 bits per heavy atom. The van der Waals surface area contributed by atoms with E-state index in [1.807, 2.05) is 20.0 Å². The molecule has 1 aliphatic heterocycles. The van der Waals surface area contributed by atoms with Gasteiger partial charge in [-0.3, -0.25) is 4.79 Å². The van der Waals surface area contributed by atoms with Gasteiger partial charge in [-0.05, 0) is 20.3 Å². The Bertz CT molecular complexity index is 649. The summed E-state index contributed by atoms with van der Waals surface area (Å²) in [7, 11) is 0. The molecule has 2 aromatic rings. The number of fused-ring (bicyclic) bond motifs is 1. The minimum Gasteiger partial charge on any atom is -0.347 e. The van der Waals surface area contributed by atoms with E-state index in [0.29, 0.717) is 11.3 Å². The highest BCUT2D eigenvalue weighted by Gasteiger charge is 2.22. The minimum absolute atomic E-state index is 0.103. The van der Waals surface area contributed by atoms with Crippen LogP contribution in [0.4, 0.5) is 0 Å². The second-order valence-corrected chi connectivity index (χ2v) is 5.18.